The fourth-order valence-corrected chi connectivity index (χ4v) is 4.91. The number of hydrogen-bond acceptors (Lipinski definition) is 0. The van der Waals surface area contributed by atoms with Crippen molar-refractivity contribution in [2.45, 2.75) is 6.42 Å². The van der Waals surface area contributed by atoms with E-state index in [2.05, 4.69) is 121 Å². The van der Waals surface area contributed by atoms with Crippen LogP contribution in [0.3, 0.4) is 0 Å². The van der Waals surface area contributed by atoms with Gasteiger partial charge in [0.1, 0.15) is 0 Å². The second kappa shape index (κ2) is 7.41. The van der Waals surface area contributed by atoms with E-state index in [-0.39, 0.29) is 0 Å². The number of hydrogen-bond donors (Lipinski definition) is 0. The van der Waals surface area contributed by atoms with Gasteiger partial charge in [0, 0.05) is 0 Å². The Kier molecular flexibility index (Phi) is 4.28. The molecule has 0 radical (unpaired) electrons. The van der Waals surface area contributed by atoms with Crippen molar-refractivity contribution in [3.63, 3.8) is 0 Å². The second-order valence-electron chi connectivity index (χ2n) is 8.11. The monoisotopic (exact) mass is 394 g/mol. The van der Waals surface area contributed by atoms with Gasteiger partial charge >= 0.3 is 0 Å². The number of rotatable bonds is 3. The van der Waals surface area contributed by atoms with Gasteiger partial charge in [0.25, 0.3) is 0 Å². The van der Waals surface area contributed by atoms with Crippen LogP contribution in [0.4, 0.5) is 0 Å². The largest absolute Gasteiger partial charge is 0.0801 e. The molecule has 146 valence electrons. The van der Waals surface area contributed by atoms with E-state index < -0.39 is 0 Å². The topological polar surface area (TPSA) is 0 Å². The lowest BCUT2D eigenvalue weighted by molar-refractivity contribution is 1.32. The first-order valence-electron chi connectivity index (χ1n) is 10.9. The summed E-state index contributed by atoms with van der Waals surface area (Å²) in [5, 5.41) is 5.29. The van der Waals surface area contributed by atoms with E-state index >= 15 is 0 Å². The normalized spacial score (nSPS) is 13.7. The zero-order chi connectivity index (χ0) is 20.6. The van der Waals surface area contributed by atoms with Gasteiger partial charge in [-0.15, -0.1) is 0 Å². The van der Waals surface area contributed by atoms with E-state index in [4.69, 9.17) is 0 Å². The molecule has 2 aliphatic carbocycles. The van der Waals surface area contributed by atoms with E-state index in [1.807, 2.05) is 0 Å². The standard InChI is InChI=1S/C31H22/c1-3-11-22(12-4-1)30(23-13-5-2-6-14-23)25-19-20-27-26-17-9-10-18-28(26)31(29(27)21-25)24-15-7-8-16-24/h1-15,17-21H,16H2. The molecule has 0 aromatic heterocycles. The van der Waals surface area contributed by atoms with Crippen molar-refractivity contribution in [3.05, 3.63) is 164 Å². The third-order valence-corrected chi connectivity index (χ3v) is 6.28. The van der Waals surface area contributed by atoms with Crippen molar-refractivity contribution in [3.8, 4) is 0 Å². The number of fused-ring (bicyclic) bond motifs is 2. The van der Waals surface area contributed by atoms with Crippen LogP contribution in [0.2, 0.25) is 0 Å². The van der Waals surface area contributed by atoms with Crippen LogP contribution in [-0.4, -0.2) is 0 Å². The van der Waals surface area contributed by atoms with Crippen LogP contribution in [0.25, 0.3) is 11.1 Å². The van der Waals surface area contributed by atoms with Gasteiger partial charge in [-0.2, -0.15) is 0 Å². The smallest absolute Gasteiger partial charge is 0.00386 e. The summed E-state index contributed by atoms with van der Waals surface area (Å²) in [6.45, 7) is 0. The zero-order valence-electron chi connectivity index (χ0n) is 17.3. The summed E-state index contributed by atoms with van der Waals surface area (Å²) in [5.74, 6) is 0. The molecule has 0 amide bonds. The number of benzene rings is 4. The van der Waals surface area contributed by atoms with Gasteiger partial charge in [-0.25, -0.2) is 0 Å². The maximum atomic E-state index is 2.40. The summed E-state index contributed by atoms with van der Waals surface area (Å²) >= 11 is 0. The summed E-state index contributed by atoms with van der Waals surface area (Å²) < 4.78 is 0. The number of allylic oxidation sites excluding steroid dienone is 4. The summed E-state index contributed by atoms with van der Waals surface area (Å²) in [7, 11) is 0. The molecule has 0 saturated carbocycles. The average Bonchev–Trinajstić information content (AvgIpc) is 3.46. The maximum absolute atomic E-state index is 2.40. The average molecular weight is 395 g/mol. The molecule has 0 fully saturated rings. The third-order valence-electron chi connectivity index (χ3n) is 6.28. The fraction of sp³-hybridized carbons (Fsp3) is 0.0323. The Morgan fingerprint density at radius 3 is 1.87 bits per heavy atom. The molecule has 0 aliphatic heterocycles. The molecule has 4 aromatic carbocycles. The third kappa shape index (κ3) is 3.00. The second-order valence-corrected chi connectivity index (χ2v) is 8.11. The summed E-state index contributed by atoms with van der Waals surface area (Å²) in [4.78, 5) is 0. The minimum absolute atomic E-state index is 1.00. The lowest BCUT2D eigenvalue weighted by Gasteiger charge is -2.11. The molecule has 6 rings (SSSR count). The zero-order valence-corrected chi connectivity index (χ0v) is 17.3. The van der Waals surface area contributed by atoms with Gasteiger partial charge in [0.2, 0.25) is 0 Å². The summed E-state index contributed by atoms with van der Waals surface area (Å²) in [5.41, 5.74) is 7.90. The van der Waals surface area contributed by atoms with Crippen LogP contribution in [-0.2, 0) is 0 Å². The minimum Gasteiger partial charge on any atom is -0.0801 e. The van der Waals surface area contributed by atoms with Gasteiger partial charge in [-0.1, -0.05) is 115 Å². The highest BCUT2D eigenvalue weighted by atomic mass is 14.2. The van der Waals surface area contributed by atoms with Crippen LogP contribution in [0.5, 0.6) is 0 Å². The van der Waals surface area contributed by atoms with E-state index in [1.54, 1.807) is 0 Å². The molecule has 31 heavy (non-hydrogen) atoms. The fourth-order valence-electron chi connectivity index (χ4n) is 4.91. The van der Waals surface area contributed by atoms with Crippen molar-refractivity contribution < 1.29 is 0 Å². The first-order chi connectivity index (χ1) is 15.4. The molecule has 0 bridgehead atoms. The van der Waals surface area contributed by atoms with Gasteiger partial charge in [-0.05, 0) is 66.8 Å². The molecular formula is C31H22. The highest BCUT2D eigenvalue weighted by Gasteiger charge is 2.17. The van der Waals surface area contributed by atoms with Gasteiger partial charge in [-0.3, -0.25) is 0 Å². The van der Waals surface area contributed by atoms with Crippen LogP contribution in [0, 0.1) is 10.4 Å². The van der Waals surface area contributed by atoms with Gasteiger partial charge in [0.15, 0.2) is 0 Å². The molecule has 0 heteroatoms. The Morgan fingerprint density at radius 2 is 1.23 bits per heavy atom. The molecule has 0 nitrogen and oxygen atoms in total. The summed E-state index contributed by atoms with van der Waals surface area (Å²) in [6.07, 6.45) is 7.70. The van der Waals surface area contributed by atoms with Crippen LogP contribution in [0.15, 0.2) is 127 Å². The Hall–Kier alpha value is -3.90. The van der Waals surface area contributed by atoms with E-state index in [9.17, 15) is 0 Å². The quantitative estimate of drug-likeness (QED) is 0.423. The lowest BCUT2D eigenvalue weighted by Crippen LogP contribution is -2.11. The first kappa shape index (κ1) is 17.9. The molecular weight excluding hydrogens is 372 g/mol. The Balaban J connectivity index is 1.71. The Morgan fingerprint density at radius 1 is 0.581 bits per heavy atom. The molecule has 2 aliphatic rings. The Bertz CT molecular complexity index is 1530. The van der Waals surface area contributed by atoms with Gasteiger partial charge < -0.3 is 0 Å². The van der Waals surface area contributed by atoms with Crippen molar-refractivity contribution in [1.29, 1.82) is 0 Å². The molecule has 0 spiro atoms. The van der Waals surface area contributed by atoms with Crippen molar-refractivity contribution in [1.82, 2.24) is 0 Å². The predicted octanol–water partition coefficient (Wildman–Crippen LogP) is 5.62. The van der Waals surface area contributed by atoms with E-state index in [0.29, 0.717) is 0 Å². The molecule has 0 unspecified atom stereocenters. The molecule has 0 saturated heterocycles. The van der Waals surface area contributed by atoms with Crippen molar-refractivity contribution >= 4 is 11.1 Å². The highest BCUT2D eigenvalue weighted by Crippen LogP contribution is 2.30. The van der Waals surface area contributed by atoms with Crippen LogP contribution < -0.4 is 10.4 Å². The van der Waals surface area contributed by atoms with Crippen molar-refractivity contribution in [2.24, 2.45) is 0 Å². The lowest BCUT2D eigenvalue weighted by atomic mass is 9.92. The molecule has 0 atom stereocenters. The molecule has 0 N–H and O–H groups in total. The van der Waals surface area contributed by atoms with E-state index in [1.165, 1.54) is 54.3 Å². The van der Waals surface area contributed by atoms with Gasteiger partial charge in [0.05, 0.1) is 0 Å². The summed E-state index contributed by atoms with van der Waals surface area (Å²) in [6, 6.07) is 37.3. The first-order valence-corrected chi connectivity index (χ1v) is 10.9. The Labute approximate surface area is 182 Å². The minimum atomic E-state index is 1.00. The van der Waals surface area contributed by atoms with E-state index in [0.717, 1.165) is 6.42 Å². The van der Waals surface area contributed by atoms with Crippen LogP contribution >= 0.6 is 0 Å². The molecule has 4 aromatic rings. The predicted molar refractivity (Wildman–Crippen MR) is 129 cm³/mol. The SMILES string of the molecule is C1=CCC(C2=c3ccccc3=c3ccc(=C(c4ccccc4)c4ccccc4)cc32)=C1. The molecule has 0 heterocycles. The highest BCUT2D eigenvalue weighted by molar-refractivity contribution is 5.84. The maximum Gasteiger partial charge on any atom is -0.00386 e. The van der Waals surface area contributed by atoms with Crippen molar-refractivity contribution in [2.75, 3.05) is 0 Å². The van der Waals surface area contributed by atoms with Crippen LogP contribution in [0.1, 0.15) is 23.1 Å².